The van der Waals surface area contributed by atoms with Crippen molar-refractivity contribution in [2.75, 3.05) is 13.1 Å². The first-order valence-electron chi connectivity index (χ1n) is 5.58. The number of nitrogens with two attached hydrogens (primary N) is 1. The first kappa shape index (κ1) is 12.5. The third kappa shape index (κ3) is 2.84. The average molecular weight is 301 g/mol. The van der Waals surface area contributed by atoms with Gasteiger partial charge in [-0.25, -0.2) is 4.39 Å². The van der Waals surface area contributed by atoms with E-state index in [-0.39, 0.29) is 17.5 Å². The molecule has 0 aliphatic carbocycles. The highest BCUT2D eigenvalue weighted by atomic mass is 79.9. The van der Waals surface area contributed by atoms with Crippen LogP contribution in [0.4, 0.5) is 4.39 Å². The van der Waals surface area contributed by atoms with Crippen molar-refractivity contribution in [1.82, 2.24) is 4.90 Å². The van der Waals surface area contributed by atoms with Gasteiger partial charge in [0.25, 0.3) is 5.91 Å². The van der Waals surface area contributed by atoms with Gasteiger partial charge in [0.05, 0.1) is 5.56 Å². The van der Waals surface area contributed by atoms with Crippen LogP contribution in [0.1, 0.15) is 23.2 Å². The predicted octanol–water partition coefficient (Wildman–Crippen LogP) is 2.15. The standard InChI is InChI=1S/C12H14BrFN2O/c13-8-3-4-10(11(14)6-8)12(17)16-5-1-2-9(15)7-16/h3-4,6,9H,1-2,5,7,15H2/t9-/m0/s1. The second kappa shape index (κ2) is 5.14. The number of nitrogens with zero attached hydrogens (tertiary/aromatic N) is 1. The maximum absolute atomic E-state index is 13.6. The van der Waals surface area contributed by atoms with Crippen molar-refractivity contribution in [1.29, 1.82) is 0 Å². The number of likely N-dealkylation sites (tertiary alicyclic amines) is 1. The summed E-state index contributed by atoms with van der Waals surface area (Å²) in [6.07, 6.45) is 1.80. The van der Waals surface area contributed by atoms with Crippen molar-refractivity contribution in [3.8, 4) is 0 Å². The molecule has 92 valence electrons. The number of hydrogen-bond acceptors (Lipinski definition) is 2. The van der Waals surface area contributed by atoms with Crippen LogP contribution in [0.15, 0.2) is 22.7 Å². The molecule has 0 bridgehead atoms. The van der Waals surface area contributed by atoms with Gasteiger partial charge in [-0.15, -0.1) is 0 Å². The molecule has 1 amide bonds. The van der Waals surface area contributed by atoms with E-state index >= 15 is 0 Å². The van der Waals surface area contributed by atoms with Gasteiger partial charge in [-0.3, -0.25) is 4.79 Å². The zero-order chi connectivity index (χ0) is 12.4. The van der Waals surface area contributed by atoms with Gasteiger partial charge in [0.15, 0.2) is 0 Å². The molecule has 1 aliphatic heterocycles. The summed E-state index contributed by atoms with van der Waals surface area (Å²) in [6, 6.07) is 4.48. The molecule has 2 N–H and O–H groups in total. The SMILES string of the molecule is N[C@H]1CCCN(C(=O)c2ccc(Br)cc2F)C1. The third-order valence-corrected chi connectivity index (χ3v) is 3.40. The van der Waals surface area contributed by atoms with Crippen LogP contribution in [-0.4, -0.2) is 29.9 Å². The largest absolute Gasteiger partial charge is 0.337 e. The Morgan fingerprint density at radius 3 is 2.94 bits per heavy atom. The van der Waals surface area contributed by atoms with Gasteiger partial charge in [-0.05, 0) is 31.0 Å². The number of hydrogen-bond donors (Lipinski definition) is 1. The van der Waals surface area contributed by atoms with Gasteiger partial charge >= 0.3 is 0 Å². The quantitative estimate of drug-likeness (QED) is 0.864. The summed E-state index contributed by atoms with van der Waals surface area (Å²) in [5, 5.41) is 0. The van der Waals surface area contributed by atoms with E-state index in [0.29, 0.717) is 17.6 Å². The van der Waals surface area contributed by atoms with E-state index in [2.05, 4.69) is 15.9 Å². The topological polar surface area (TPSA) is 46.3 Å². The molecule has 1 heterocycles. The Morgan fingerprint density at radius 2 is 2.29 bits per heavy atom. The number of benzene rings is 1. The molecule has 0 saturated carbocycles. The minimum absolute atomic E-state index is 0.00575. The summed E-state index contributed by atoms with van der Waals surface area (Å²) in [5.41, 5.74) is 5.92. The number of carbonyl (C=O) groups excluding carboxylic acids is 1. The summed E-state index contributed by atoms with van der Waals surface area (Å²) in [7, 11) is 0. The maximum atomic E-state index is 13.6. The van der Waals surface area contributed by atoms with E-state index in [9.17, 15) is 9.18 Å². The molecule has 1 aliphatic rings. The van der Waals surface area contributed by atoms with Gasteiger partial charge in [0, 0.05) is 23.6 Å². The molecule has 5 heteroatoms. The smallest absolute Gasteiger partial charge is 0.256 e. The normalized spacial score (nSPS) is 20.4. The van der Waals surface area contributed by atoms with E-state index in [4.69, 9.17) is 5.73 Å². The summed E-state index contributed by atoms with van der Waals surface area (Å²) < 4.78 is 14.3. The molecule has 0 aromatic heterocycles. The number of halogens is 2. The Kier molecular flexibility index (Phi) is 3.79. The monoisotopic (exact) mass is 300 g/mol. The Bertz CT molecular complexity index is 439. The van der Waals surface area contributed by atoms with Gasteiger partial charge in [0.1, 0.15) is 5.82 Å². The van der Waals surface area contributed by atoms with Gasteiger partial charge in [-0.1, -0.05) is 15.9 Å². The molecule has 2 rings (SSSR count). The van der Waals surface area contributed by atoms with Gasteiger partial charge < -0.3 is 10.6 Å². The highest BCUT2D eigenvalue weighted by Crippen LogP contribution is 2.18. The Hall–Kier alpha value is -0.940. The maximum Gasteiger partial charge on any atom is 0.256 e. The average Bonchev–Trinajstić information content (AvgIpc) is 2.28. The molecular formula is C12H14BrFN2O. The lowest BCUT2D eigenvalue weighted by atomic mass is 10.1. The second-order valence-electron chi connectivity index (χ2n) is 4.28. The van der Waals surface area contributed by atoms with Crippen LogP contribution >= 0.6 is 15.9 Å². The number of rotatable bonds is 1. The number of piperidine rings is 1. The molecule has 1 atom stereocenters. The van der Waals surface area contributed by atoms with Crippen LogP contribution in [-0.2, 0) is 0 Å². The molecule has 3 nitrogen and oxygen atoms in total. The number of carbonyl (C=O) groups is 1. The molecule has 1 aromatic rings. The lowest BCUT2D eigenvalue weighted by Crippen LogP contribution is -2.45. The minimum atomic E-state index is -0.497. The predicted molar refractivity (Wildman–Crippen MR) is 67.2 cm³/mol. The lowest BCUT2D eigenvalue weighted by molar-refractivity contribution is 0.0704. The van der Waals surface area contributed by atoms with Crippen molar-refractivity contribution in [3.63, 3.8) is 0 Å². The fourth-order valence-corrected chi connectivity index (χ4v) is 2.36. The van der Waals surface area contributed by atoms with Crippen molar-refractivity contribution in [3.05, 3.63) is 34.1 Å². The Balaban J connectivity index is 2.18. The van der Waals surface area contributed by atoms with E-state index in [1.807, 2.05) is 0 Å². The Morgan fingerprint density at radius 1 is 1.53 bits per heavy atom. The highest BCUT2D eigenvalue weighted by molar-refractivity contribution is 9.10. The Labute approximate surface area is 108 Å². The summed E-state index contributed by atoms with van der Waals surface area (Å²) in [4.78, 5) is 13.7. The zero-order valence-electron chi connectivity index (χ0n) is 9.33. The molecule has 17 heavy (non-hydrogen) atoms. The van der Waals surface area contributed by atoms with E-state index < -0.39 is 5.82 Å². The molecular weight excluding hydrogens is 287 g/mol. The summed E-state index contributed by atoms with van der Waals surface area (Å²) >= 11 is 3.17. The molecule has 1 fully saturated rings. The van der Waals surface area contributed by atoms with E-state index in [1.54, 1.807) is 11.0 Å². The molecule has 1 aromatic carbocycles. The summed E-state index contributed by atoms with van der Waals surface area (Å²) in [5.74, 6) is -0.770. The van der Waals surface area contributed by atoms with E-state index in [0.717, 1.165) is 12.8 Å². The first-order valence-corrected chi connectivity index (χ1v) is 6.37. The van der Waals surface area contributed by atoms with Crippen LogP contribution in [0, 0.1) is 5.82 Å². The zero-order valence-corrected chi connectivity index (χ0v) is 10.9. The molecule has 0 unspecified atom stereocenters. The van der Waals surface area contributed by atoms with Crippen LogP contribution in [0.3, 0.4) is 0 Å². The molecule has 0 radical (unpaired) electrons. The van der Waals surface area contributed by atoms with Crippen LogP contribution in [0.25, 0.3) is 0 Å². The first-order chi connectivity index (χ1) is 8.08. The highest BCUT2D eigenvalue weighted by Gasteiger charge is 2.24. The van der Waals surface area contributed by atoms with Crippen molar-refractivity contribution in [2.24, 2.45) is 5.73 Å². The molecule has 0 spiro atoms. The molecule has 1 saturated heterocycles. The van der Waals surface area contributed by atoms with Crippen LogP contribution in [0.2, 0.25) is 0 Å². The fourth-order valence-electron chi connectivity index (χ4n) is 2.03. The summed E-state index contributed by atoms with van der Waals surface area (Å²) in [6.45, 7) is 1.16. The van der Waals surface area contributed by atoms with E-state index in [1.165, 1.54) is 12.1 Å². The minimum Gasteiger partial charge on any atom is -0.337 e. The number of amides is 1. The lowest BCUT2D eigenvalue weighted by Gasteiger charge is -2.30. The van der Waals surface area contributed by atoms with Gasteiger partial charge in [-0.2, -0.15) is 0 Å². The van der Waals surface area contributed by atoms with Crippen LogP contribution in [0.5, 0.6) is 0 Å². The third-order valence-electron chi connectivity index (χ3n) is 2.91. The van der Waals surface area contributed by atoms with Gasteiger partial charge in [0.2, 0.25) is 0 Å². The van der Waals surface area contributed by atoms with Crippen LogP contribution < -0.4 is 5.73 Å². The van der Waals surface area contributed by atoms with Crippen molar-refractivity contribution < 1.29 is 9.18 Å². The van der Waals surface area contributed by atoms with Crippen molar-refractivity contribution >= 4 is 21.8 Å². The van der Waals surface area contributed by atoms with Crippen molar-refractivity contribution in [2.45, 2.75) is 18.9 Å². The fraction of sp³-hybridized carbons (Fsp3) is 0.417. The second-order valence-corrected chi connectivity index (χ2v) is 5.19.